The summed E-state index contributed by atoms with van der Waals surface area (Å²) >= 11 is 0. The summed E-state index contributed by atoms with van der Waals surface area (Å²) in [4.78, 5) is 9.94. The number of nitrogens with zero attached hydrogens (tertiary/aromatic N) is 3. The van der Waals surface area contributed by atoms with Crippen molar-refractivity contribution >= 4 is 0 Å². The molecule has 0 radical (unpaired) electrons. The summed E-state index contributed by atoms with van der Waals surface area (Å²) in [5.74, 6) is 0. The van der Waals surface area contributed by atoms with Crippen LogP contribution in [0.3, 0.4) is 0 Å². The van der Waals surface area contributed by atoms with E-state index in [0.29, 0.717) is 6.04 Å². The number of aromatic nitrogens is 1. The third kappa shape index (κ3) is 2.67. The van der Waals surface area contributed by atoms with Crippen LogP contribution in [0, 0.1) is 6.92 Å². The Balaban J connectivity index is 1.73. The lowest BCUT2D eigenvalue weighted by Crippen LogP contribution is -2.55. The number of aryl methyl sites for hydroxylation is 1. The van der Waals surface area contributed by atoms with Crippen molar-refractivity contribution in [3.63, 3.8) is 0 Å². The fourth-order valence-electron chi connectivity index (χ4n) is 3.61. The van der Waals surface area contributed by atoms with Gasteiger partial charge in [-0.3, -0.25) is 14.8 Å². The van der Waals surface area contributed by atoms with Gasteiger partial charge in [0.2, 0.25) is 0 Å². The van der Waals surface area contributed by atoms with Crippen LogP contribution in [0.25, 0.3) is 0 Å². The minimum Gasteiger partial charge on any atom is -0.298 e. The molecular formula is C16H25N3. The topological polar surface area (TPSA) is 19.4 Å². The molecule has 0 N–H and O–H groups in total. The second-order valence-electron chi connectivity index (χ2n) is 6.05. The Bertz CT molecular complexity index is 432. The molecule has 0 amide bonds. The van der Waals surface area contributed by atoms with Gasteiger partial charge in [0.15, 0.2) is 0 Å². The van der Waals surface area contributed by atoms with Crippen LogP contribution in [0.5, 0.6) is 0 Å². The van der Waals surface area contributed by atoms with E-state index in [9.17, 15) is 0 Å². The highest BCUT2D eigenvalue weighted by Gasteiger charge is 2.35. The molecule has 0 saturated carbocycles. The minimum atomic E-state index is 0.704. The van der Waals surface area contributed by atoms with Gasteiger partial charge < -0.3 is 0 Å². The Morgan fingerprint density at radius 3 is 3.05 bits per heavy atom. The van der Waals surface area contributed by atoms with Crippen molar-refractivity contribution in [3.8, 4) is 0 Å². The molecule has 104 valence electrons. The van der Waals surface area contributed by atoms with E-state index >= 15 is 0 Å². The fourth-order valence-corrected chi connectivity index (χ4v) is 3.61. The van der Waals surface area contributed by atoms with Crippen molar-refractivity contribution in [1.29, 1.82) is 0 Å². The van der Waals surface area contributed by atoms with Gasteiger partial charge in [0.05, 0.1) is 5.69 Å². The molecule has 1 aromatic rings. The van der Waals surface area contributed by atoms with Gasteiger partial charge in [0, 0.05) is 37.9 Å². The number of pyridine rings is 1. The number of fused-ring (bicyclic) bond motifs is 1. The lowest BCUT2D eigenvalue weighted by atomic mass is 10.0. The summed E-state index contributed by atoms with van der Waals surface area (Å²) in [6, 6.07) is 5.71. The van der Waals surface area contributed by atoms with Crippen LogP contribution in [0.15, 0.2) is 18.3 Å². The first-order valence-corrected chi connectivity index (χ1v) is 7.66. The van der Waals surface area contributed by atoms with E-state index in [-0.39, 0.29) is 0 Å². The van der Waals surface area contributed by atoms with Gasteiger partial charge in [-0.2, -0.15) is 0 Å². The second kappa shape index (κ2) is 5.59. The first-order valence-electron chi connectivity index (χ1n) is 7.66. The van der Waals surface area contributed by atoms with Gasteiger partial charge in [-0.25, -0.2) is 0 Å². The number of rotatable bonds is 3. The Morgan fingerprint density at radius 1 is 1.37 bits per heavy atom. The maximum atomic E-state index is 4.57. The fraction of sp³-hybridized carbons (Fsp3) is 0.688. The Labute approximate surface area is 116 Å². The smallest absolute Gasteiger partial charge is 0.0573 e. The highest BCUT2D eigenvalue weighted by molar-refractivity contribution is 5.17. The summed E-state index contributed by atoms with van der Waals surface area (Å²) in [6.45, 7) is 9.32. The van der Waals surface area contributed by atoms with E-state index in [1.54, 1.807) is 0 Å². The molecule has 0 aromatic carbocycles. The van der Waals surface area contributed by atoms with Crippen LogP contribution in [0.4, 0.5) is 0 Å². The van der Waals surface area contributed by atoms with E-state index in [0.717, 1.165) is 12.6 Å². The average molecular weight is 259 g/mol. The van der Waals surface area contributed by atoms with Crippen molar-refractivity contribution in [2.45, 2.75) is 51.7 Å². The summed E-state index contributed by atoms with van der Waals surface area (Å²) < 4.78 is 0. The van der Waals surface area contributed by atoms with Gasteiger partial charge in [-0.1, -0.05) is 13.0 Å². The molecule has 2 unspecified atom stereocenters. The maximum Gasteiger partial charge on any atom is 0.0573 e. The zero-order valence-corrected chi connectivity index (χ0v) is 12.2. The molecule has 3 nitrogen and oxygen atoms in total. The quantitative estimate of drug-likeness (QED) is 0.831. The molecular weight excluding hydrogens is 234 g/mol. The van der Waals surface area contributed by atoms with Gasteiger partial charge in [0.1, 0.15) is 0 Å². The predicted molar refractivity (Wildman–Crippen MR) is 78.1 cm³/mol. The van der Waals surface area contributed by atoms with Gasteiger partial charge >= 0.3 is 0 Å². The predicted octanol–water partition coefficient (Wildman–Crippen LogP) is 2.45. The second-order valence-corrected chi connectivity index (χ2v) is 6.05. The molecule has 0 bridgehead atoms. The highest BCUT2D eigenvalue weighted by atomic mass is 15.3. The zero-order valence-electron chi connectivity index (χ0n) is 12.2. The lowest BCUT2D eigenvalue weighted by Gasteiger charge is -2.43. The third-order valence-electron chi connectivity index (χ3n) is 4.85. The summed E-state index contributed by atoms with van der Waals surface area (Å²) in [5.41, 5.74) is 2.58. The van der Waals surface area contributed by atoms with Crippen LogP contribution >= 0.6 is 0 Å². The Morgan fingerprint density at radius 2 is 2.26 bits per heavy atom. The van der Waals surface area contributed by atoms with Gasteiger partial charge in [0.25, 0.3) is 0 Å². The summed E-state index contributed by atoms with van der Waals surface area (Å²) in [5, 5.41) is 0. The first kappa shape index (κ1) is 13.1. The van der Waals surface area contributed by atoms with Gasteiger partial charge in [-0.15, -0.1) is 0 Å². The standard InChI is InChI=1S/C16H25N3/c1-3-14-10-18-9-5-7-15(18)11-19(14)12-16-13(2)6-4-8-17-16/h4,6,8,14-15H,3,5,7,9-12H2,1-2H3. The molecule has 3 heteroatoms. The van der Waals surface area contributed by atoms with Crippen LogP contribution < -0.4 is 0 Å². The number of piperazine rings is 1. The van der Waals surface area contributed by atoms with E-state index in [2.05, 4.69) is 34.7 Å². The minimum absolute atomic E-state index is 0.704. The van der Waals surface area contributed by atoms with Crippen LogP contribution in [-0.4, -0.2) is 46.5 Å². The average Bonchev–Trinajstić information content (AvgIpc) is 2.87. The van der Waals surface area contributed by atoms with E-state index in [1.165, 1.54) is 50.2 Å². The molecule has 2 aliphatic rings. The number of hydrogen-bond acceptors (Lipinski definition) is 3. The summed E-state index contributed by atoms with van der Waals surface area (Å²) in [6.07, 6.45) is 5.94. The SMILES string of the molecule is CCC1CN2CCCC2CN1Cc1ncccc1C. The molecule has 3 heterocycles. The molecule has 3 rings (SSSR count). The van der Waals surface area contributed by atoms with Crippen molar-refractivity contribution < 1.29 is 0 Å². The summed E-state index contributed by atoms with van der Waals surface area (Å²) in [7, 11) is 0. The lowest BCUT2D eigenvalue weighted by molar-refractivity contribution is 0.0427. The molecule has 0 spiro atoms. The van der Waals surface area contributed by atoms with E-state index in [1.807, 2.05) is 12.3 Å². The van der Waals surface area contributed by atoms with Crippen LogP contribution in [0.2, 0.25) is 0 Å². The molecule has 2 aliphatic heterocycles. The Hall–Kier alpha value is -0.930. The molecule has 2 saturated heterocycles. The normalized spacial score (nSPS) is 28.5. The van der Waals surface area contributed by atoms with E-state index in [4.69, 9.17) is 0 Å². The zero-order chi connectivity index (χ0) is 13.2. The van der Waals surface area contributed by atoms with Crippen molar-refractivity contribution in [1.82, 2.24) is 14.8 Å². The highest BCUT2D eigenvalue weighted by Crippen LogP contribution is 2.27. The molecule has 1 aromatic heterocycles. The van der Waals surface area contributed by atoms with E-state index < -0.39 is 0 Å². The van der Waals surface area contributed by atoms with Crippen LogP contribution in [0.1, 0.15) is 37.4 Å². The Kier molecular flexibility index (Phi) is 3.85. The molecule has 2 fully saturated rings. The third-order valence-corrected chi connectivity index (χ3v) is 4.85. The monoisotopic (exact) mass is 259 g/mol. The van der Waals surface area contributed by atoms with Crippen LogP contribution in [-0.2, 0) is 6.54 Å². The largest absolute Gasteiger partial charge is 0.298 e. The van der Waals surface area contributed by atoms with Crippen molar-refractivity contribution in [2.24, 2.45) is 0 Å². The molecule has 19 heavy (non-hydrogen) atoms. The molecule has 2 atom stereocenters. The first-order chi connectivity index (χ1) is 9.28. The maximum absolute atomic E-state index is 4.57. The molecule has 0 aliphatic carbocycles. The van der Waals surface area contributed by atoms with Crippen molar-refractivity contribution in [3.05, 3.63) is 29.6 Å². The van der Waals surface area contributed by atoms with Gasteiger partial charge in [-0.05, 0) is 44.4 Å². The number of hydrogen-bond donors (Lipinski definition) is 0. The van der Waals surface area contributed by atoms with Crippen molar-refractivity contribution in [2.75, 3.05) is 19.6 Å².